The Bertz CT molecular complexity index is 2490. The van der Waals surface area contributed by atoms with Crippen LogP contribution in [0.4, 0.5) is 32.0 Å². The Morgan fingerprint density at radius 2 is 1.75 bits per heavy atom. The van der Waals surface area contributed by atoms with Crippen LogP contribution in [-0.4, -0.2) is 57.4 Å². The molecule has 0 aliphatic heterocycles. The third kappa shape index (κ3) is 5.48. The number of hydrogen-bond acceptors (Lipinski definition) is 11. The van der Waals surface area contributed by atoms with Gasteiger partial charge in [0.05, 0.1) is 26.8 Å². The van der Waals surface area contributed by atoms with E-state index < -0.39 is 33.0 Å². The van der Waals surface area contributed by atoms with E-state index in [0.29, 0.717) is 33.9 Å². The Hall–Kier alpha value is -5.45. The number of fused-ring (bicyclic) bond motifs is 2. The number of benzene rings is 3. The summed E-state index contributed by atoms with van der Waals surface area (Å²) in [6, 6.07) is 16.7. The molecule has 7 rings (SSSR count). The summed E-state index contributed by atoms with van der Waals surface area (Å²) in [5.74, 6) is -1.84. The third-order valence-corrected chi connectivity index (χ3v) is 9.39. The minimum absolute atomic E-state index is 0.0172. The Morgan fingerprint density at radius 1 is 0.938 bits per heavy atom. The first-order valence-electron chi connectivity index (χ1n) is 13.8. The van der Waals surface area contributed by atoms with Gasteiger partial charge in [-0.3, -0.25) is 4.72 Å². The molecule has 18 heteroatoms. The summed E-state index contributed by atoms with van der Waals surface area (Å²) < 4.78 is 66.5. The number of hydrogen-bond donors (Lipinski definition) is 2. The number of sulfonamides is 1. The van der Waals surface area contributed by atoms with E-state index in [-0.39, 0.29) is 32.2 Å². The van der Waals surface area contributed by atoms with E-state index >= 15 is 8.78 Å². The lowest BCUT2D eigenvalue weighted by Crippen LogP contribution is -2.15. The van der Waals surface area contributed by atoms with E-state index in [1.54, 1.807) is 35.8 Å². The highest BCUT2D eigenvalue weighted by atomic mass is 35.5. The predicted octanol–water partition coefficient (Wildman–Crippen LogP) is 6.61. The van der Waals surface area contributed by atoms with Gasteiger partial charge in [0.15, 0.2) is 23.1 Å². The standard InChI is InChI=1S/C30H20Cl2F2N10O3S/c1-43(2)30-40-39-29(47-30)25-15-6-3-4-8-20(15)44(41-25)22-13-12-19-27(37-22)28(36-14-35-19)38-26-17(33)10-11-18(24(26)34)42-48(45,46)21-9-5-7-16(31)23(21)32/h3-14,42H,1-2H3,(H,35,36,38). The number of halogens is 4. The second-order valence-electron chi connectivity index (χ2n) is 10.4. The highest BCUT2D eigenvalue weighted by Crippen LogP contribution is 2.35. The van der Waals surface area contributed by atoms with Gasteiger partial charge in [0.1, 0.15) is 28.2 Å². The van der Waals surface area contributed by atoms with Crippen LogP contribution in [0.5, 0.6) is 0 Å². The van der Waals surface area contributed by atoms with Crippen LogP contribution in [0.3, 0.4) is 0 Å². The average molecular weight is 710 g/mol. The normalized spacial score (nSPS) is 11.7. The van der Waals surface area contributed by atoms with Gasteiger partial charge in [0.25, 0.3) is 15.9 Å². The van der Waals surface area contributed by atoms with Crippen molar-refractivity contribution in [2.24, 2.45) is 0 Å². The summed E-state index contributed by atoms with van der Waals surface area (Å²) in [4.78, 5) is 14.4. The zero-order valence-corrected chi connectivity index (χ0v) is 27.0. The summed E-state index contributed by atoms with van der Waals surface area (Å²) in [5, 5.41) is 15.9. The van der Waals surface area contributed by atoms with Crippen molar-refractivity contribution in [1.29, 1.82) is 0 Å². The molecule has 0 atom stereocenters. The van der Waals surface area contributed by atoms with Gasteiger partial charge in [-0.15, -0.1) is 5.10 Å². The lowest BCUT2D eigenvalue weighted by Gasteiger charge is -2.15. The van der Waals surface area contributed by atoms with Gasteiger partial charge in [-0.2, -0.15) is 5.10 Å². The first-order valence-corrected chi connectivity index (χ1v) is 16.1. The summed E-state index contributed by atoms with van der Waals surface area (Å²) in [5.41, 5.74) is 0.300. The van der Waals surface area contributed by atoms with Gasteiger partial charge < -0.3 is 14.6 Å². The lowest BCUT2D eigenvalue weighted by atomic mass is 10.2. The first kappa shape index (κ1) is 31.2. The average Bonchev–Trinajstić information content (AvgIpc) is 3.71. The molecule has 7 aromatic rings. The van der Waals surface area contributed by atoms with E-state index in [2.05, 4.69) is 35.2 Å². The van der Waals surface area contributed by atoms with Crippen LogP contribution in [0.2, 0.25) is 10.0 Å². The molecular formula is C30H20Cl2F2N10O3S. The second kappa shape index (κ2) is 12.0. The molecule has 13 nitrogen and oxygen atoms in total. The van der Waals surface area contributed by atoms with Gasteiger partial charge in [-0.25, -0.2) is 36.8 Å². The number of pyridine rings is 1. The van der Waals surface area contributed by atoms with Crippen LogP contribution in [0, 0.1) is 11.6 Å². The number of nitrogens with one attached hydrogen (secondary N) is 2. The Labute approximate surface area is 280 Å². The Balaban J connectivity index is 1.28. The molecule has 0 unspecified atom stereocenters. The van der Waals surface area contributed by atoms with E-state index in [9.17, 15) is 8.42 Å². The van der Waals surface area contributed by atoms with Gasteiger partial charge in [-0.1, -0.05) is 52.6 Å². The fourth-order valence-electron chi connectivity index (χ4n) is 4.79. The molecular weight excluding hydrogens is 689 g/mol. The molecule has 0 saturated carbocycles. The van der Waals surface area contributed by atoms with Crippen molar-refractivity contribution in [1.82, 2.24) is 34.9 Å². The molecule has 0 fully saturated rings. The van der Waals surface area contributed by atoms with Crippen LogP contribution in [0.25, 0.3) is 39.3 Å². The monoisotopic (exact) mass is 708 g/mol. The fourth-order valence-corrected chi connectivity index (χ4v) is 6.61. The highest BCUT2D eigenvalue weighted by Gasteiger charge is 2.25. The predicted molar refractivity (Wildman–Crippen MR) is 176 cm³/mol. The maximum absolute atomic E-state index is 15.8. The first-order chi connectivity index (χ1) is 23.0. The Kier molecular flexibility index (Phi) is 7.77. The van der Waals surface area contributed by atoms with Crippen LogP contribution in [0.15, 0.2) is 82.4 Å². The largest absolute Gasteiger partial charge is 0.401 e. The van der Waals surface area contributed by atoms with E-state index in [4.69, 9.17) is 32.7 Å². The van der Waals surface area contributed by atoms with Crippen molar-refractivity contribution < 1.29 is 21.6 Å². The van der Waals surface area contributed by atoms with Crippen molar-refractivity contribution in [3.63, 3.8) is 0 Å². The van der Waals surface area contributed by atoms with E-state index in [1.165, 1.54) is 24.5 Å². The maximum Gasteiger partial charge on any atom is 0.317 e. The quantitative estimate of drug-likeness (QED) is 0.175. The molecule has 4 heterocycles. The van der Waals surface area contributed by atoms with Gasteiger partial charge in [0, 0.05) is 19.5 Å². The van der Waals surface area contributed by atoms with E-state index in [0.717, 1.165) is 12.1 Å². The van der Waals surface area contributed by atoms with Crippen LogP contribution < -0.4 is 14.9 Å². The van der Waals surface area contributed by atoms with Gasteiger partial charge >= 0.3 is 6.01 Å². The van der Waals surface area contributed by atoms with Gasteiger partial charge in [-0.05, 0) is 42.5 Å². The number of rotatable bonds is 8. The lowest BCUT2D eigenvalue weighted by molar-refractivity contribution is 0.563. The molecule has 0 amide bonds. The Morgan fingerprint density at radius 3 is 2.54 bits per heavy atom. The smallest absolute Gasteiger partial charge is 0.317 e. The summed E-state index contributed by atoms with van der Waals surface area (Å²) in [6.07, 6.45) is 1.19. The van der Waals surface area contributed by atoms with Crippen molar-refractivity contribution in [3.8, 4) is 17.4 Å². The minimum atomic E-state index is -4.42. The number of anilines is 4. The van der Waals surface area contributed by atoms with Crippen molar-refractivity contribution in [2.75, 3.05) is 29.0 Å². The highest BCUT2D eigenvalue weighted by molar-refractivity contribution is 7.92. The molecule has 0 saturated heterocycles. The molecule has 0 bridgehead atoms. The topological polar surface area (TPSA) is 157 Å². The second-order valence-corrected chi connectivity index (χ2v) is 12.8. The van der Waals surface area contributed by atoms with Crippen LogP contribution >= 0.6 is 23.2 Å². The number of aromatic nitrogens is 7. The maximum atomic E-state index is 15.8. The molecule has 48 heavy (non-hydrogen) atoms. The fraction of sp³-hybridized carbons (Fsp3) is 0.0667. The van der Waals surface area contributed by atoms with Crippen LogP contribution in [0.1, 0.15) is 0 Å². The van der Waals surface area contributed by atoms with Gasteiger partial charge in [0.2, 0.25) is 0 Å². The van der Waals surface area contributed by atoms with Crippen molar-refractivity contribution in [3.05, 3.63) is 94.7 Å². The molecule has 3 aromatic carbocycles. The molecule has 0 radical (unpaired) electrons. The number of para-hydroxylation sites is 1. The molecule has 0 aliphatic rings. The zero-order valence-electron chi connectivity index (χ0n) is 24.7. The number of nitrogens with zero attached hydrogens (tertiary/aromatic N) is 8. The molecule has 242 valence electrons. The minimum Gasteiger partial charge on any atom is -0.401 e. The van der Waals surface area contributed by atoms with Crippen molar-refractivity contribution >= 4 is 78.4 Å². The molecule has 0 aliphatic carbocycles. The van der Waals surface area contributed by atoms with Crippen LogP contribution in [-0.2, 0) is 10.0 Å². The summed E-state index contributed by atoms with van der Waals surface area (Å²) >= 11 is 12.0. The van der Waals surface area contributed by atoms with E-state index in [1.807, 2.05) is 24.3 Å². The summed E-state index contributed by atoms with van der Waals surface area (Å²) in [6.45, 7) is 0. The SMILES string of the molecule is CN(C)c1nnc(-c2nn(-c3ccc4ncnc(Nc5c(F)ccc(NS(=O)(=O)c6cccc(Cl)c6Cl)c5F)c4n3)c3ccccc23)o1. The summed E-state index contributed by atoms with van der Waals surface area (Å²) in [7, 11) is -0.887. The molecule has 4 aromatic heterocycles. The molecule has 0 spiro atoms. The third-order valence-electron chi connectivity index (χ3n) is 7.06. The molecule has 2 N–H and O–H groups in total. The van der Waals surface area contributed by atoms with Crippen molar-refractivity contribution in [2.45, 2.75) is 4.90 Å². The zero-order chi connectivity index (χ0) is 33.7.